The maximum Gasteiger partial charge on any atom is 0.278 e. The first-order chi connectivity index (χ1) is 10.1. The van der Waals surface area contributed by atoms with Crippen LogP contribution in [0, 0.1) is 10.1 Å². The van der Waals surface area contributed by atoms with Gasteiger partial charge in [0.25, 0.3) is 5.69 Å². The SMILES string of the molecule is C=C(C)COCCNc1ccc([N+](=O)[O-])c2cccnc12. The monoisotopic (exact) mass is 287 g/mol. The Hall–Kier alpha value is -2.47. The molecule has 21 heavy (non-hydrogen) atoms. The van der Waals surface area contributed by atoms with Gasteiger partial charge in [-0.15, -0.1) is 0 Å². The van der Waals surface area contributed by atoms with E-state index in [1.54, 1.807) is 24.4 Å². The number of ether oxygens (including phenoxy) is 1. The summed E-state index contributed by atoms with van der Waals surface area (Å²) in [5, 5.41) is 14.7. The maximum atomic E-state index is 11.0. The second-order valence-corrected chi connectivity index (χ2v) is 4.73. The molecule has 0 fully saturated rings. The summed E-state index contributed by atoms with van der Waals surface area (Å²) in [5.74, 6) is 0. The topological polar surface area (TPSA) is 77.3 Å². The Kier molecular flexibility index (Phi) is 4.84. The highest BCUT2D eigenvalue weighted by atomic mass is 16.6. The lowest BCUT2D eigenvalue weighted by Gasteiger charge is -2.09. The van der Waals surface area contributed by atoms with Crippen molar-refractivity contribution >= 4 is 22.3 Å². The lowest BCUT2D eigenvalue weighted by atomic mass is 10.1. The van der Waals surface area contributed by atoms with Crippen LogP contribution in [0.5, 0.6) is 0 Å². The minimum Gasteiger partial charge on any atom is -0.381 e. The van der Waals surface area contributed by atoms with Crippen LogP contribution >= 0.6 is 0 Å². The number of nitrogens with one attached hydrogen (secondary N) is 1. The van der Waals surface area contributed by atoms with E-state index in [-0.39, 0.29) is 5.69 Å². The molecule has 0 aliphatic carbocycles. The average Bonchev–Trinajstić information content (AvgIpc) is 2.46. The van der Waals surface area contributed by atoms with Crippen molar-refractivity contribution < 1.29 is 9.66 Å². The van der Waals surface area contributed by atoms with Crippen LogP contribution in [0.2, 0.25) is 0 Å². The van der Waals surface area contributed by atoms with Crippen LogP contribution in [-0.2, 0) is 4.74 Å². The summed E-state index contributed by atoms with van der Waals surface area (Å²) in [7, 11) is 0. The molecule has 6 heteroatoms. The smallest absolute Gasteiger partial charge is 0.278 e. The molecule has 1 aromatic heterocycles. The first-order valence-corrected chi connectivity index (χ1v) is 6.57. The molecule has 0 saturated heterocycles. The highest BCUT2D eigenvalue weighted by molar-refractivity contribution is 5.96. The first-order valence-electron chi connectivity index (χ1n) is 6.57. The number of rotatable bonds is 7. The van der Waals surface area contributed by atoms with Crippen LogP contribution in [-0.4, -0.2) is 29.7 Å². The summed E-state index contributed by atoms with van der Waals surface area (Å²) < 4.78 is 5.40. The quantitative estimate of drug-likeness (QED) is 0.366. The fourth-order valence-corrected chi connectivity index (χ4v) is 1.96. The lowest BCUT2D eigenvalue weighted by molar-refractivity contribution is -0.383. The van der Waals surface area contributed by atoms with E-state index >= 15 is 0 Å². The highest BCUT2D eigenvalue weighted by Gasteiger charge is 2.14. The van der Waals surface area contributed by atoms with Gasteiger partial charge in [-0.25, -0.2) is 0 Å². The van der Waals surface area contributed by atoms with Crippen molar-refractivity contribution in [1.82, 2.24) is 4.98 Å². The molecule has 0 unspecified atom stereocenters. The Bertz CT molecular complexity index is 670. The molecule has 1 N–H and O–H groups in total. The Morgan fingerprint density at radius 3 is 3.00 bits per heavy atom. The van der Waals surface area contributed by atoms with Crippen LogP contribution in [0.4, 0.5) is 11.4 Å². The van der Waals surface area contributed by atoms with Crippen LogP contribution in [0.25, 0.3) is 10.9 Å². The van der Waals surface area contributed by atoms with Gasteiger partial charge >= 0.3 is 0 Å². The van der Waals surface area contributed by atoms with Gasteiger partial charge in [-0.3, -0.25) is 15.1 Å². The largest absolute Gasteiger partial charge is 0.381 e. The van der Waals surface area contributed by atoms with Gasteiger partial charge in [0.05, 0.1) is 29.2 Å². The number of aromatic nitrogens is 1. The number of non-ortho nitro benzene ring substituents is 1. The first kappa shape index (κ1) is 14.9. The zero-order valence-electron chi connectivity index (χ0n) is 11.8. The number of nitrogens with zero attached hydrogens (tertiary/aromatic N) is 2. The Balaban J connectivity index is 2.12. The fraction of sp³-hybridized carbons (Fsp3) is 0.267. The molecular formula is C15H17N3O3. The maximum absolute atomic E-state index is 11.0. The normalized spacial score (nSPS) is 10.5. The van der Waals surface area contributed by atoms with Gasteiger partial charge in [0.1, 0.15) is 5.52 Å². The molecule has 1 aromatic carbocycles. The van der Waals surface area contributed by atoms with Crippen LogP contribution in [0.1, 0.15) is 6.92 Å². The number of fused-ring (bicyclic) bond motifs is 1. The molecule has 1 heterocycles. The molecule has 0 aliphatic heterocycles. The van der Waals surface area contributed by atoms with E-state index in [1.807, 2.05) is 6.92 Å². The molecule has 2 rings (SSSR count). The van der Waals surface area contributed by atoms with Gasteiger partial charge in [-0.05, 0) is 25.1 Å². The van der Waals surface area contributed by atoms with Gasteiger partial charge in [-0.1, -0.05) is 12.2 Å². The predicted octanol–water partition coefficient (Wildman–Crippen LogP) is 3.15. The minimum absolute atomic E-state index is 0.0576. The van der Waals surface area contributed by atoms with Gasteiger partial charge in [0.15, 0.2) is 0 Å². The third-order valence-corrected chi connectivity index (χ3v) is 2.85. The molecule has 0 atom stereocenters. The Morgan fingerprint density at radius 1 is 1.48 bits per heavy atom. The van der Waals surface area contributed by atoms with Crippen LogP contribution in [0.15, 0.2) is 42.6 Å². The second-order valence-electron chi connectivity index (χ2n) is 4.73. The summed E-state index contributed by atoms with van der Waals surface area (Å²) in [6.45, 7) is 7.31. The Labute approximate surface area is 122 Å². The molecule has 0 saturated carbocycles. The van der Waals surface area contributed by atoms with Crippen molar-refractivity contribution in [1.29, 1.82) is 0 Å². The fourth-order valence-electron chi connectivity index (χ4n) is 1.96. The number of nitro groups is 1. The molecule has 0 spiro atoms. The van der Waals surface area contributed by atoms with Crippen molar-refractivity contribution in [2.75, 3.05) is 25.1 Å². The summed E-state index contributed by atoms with van der Waals surface area (Å²) in [6.07, 6.45) is 1.62. The minimum atomic E-state index is -0.399. The van der Waals surface area contributed by atoms with Crippen molar-refractivity contribution in [3.63, 3.8) is 0 Å². The lowest BCUT2D eigenvalue weighted by Crippen LogP contribution is -2.10. The van der Waals surface area contributed by atoms with Gasteiger partial charge < -0.3 is 10.1 Å². The van der Waals surface area contributed by atoms with E-state index in [9.17, 15) is 10.1 Å². The second kappa shape index (κ2) is 6.81. The van der Waals surface area contributed by atoms with Gasteiger partial charge in [0, 0.05) is 18.8 Å². The van der Waals surface area contributed by atoms with Crippen LogP contribution < -0.4 is 5.32 Å². The molecular weight excluding hydrogens is 270 g/mol. The zero-order chi connectivity index (χ0) is 15.2. The molecule has 0 aliphatic rings. The van der Waals surface area contributed by atoms with E-state index in [1.165, 1.54) is 6.07 Å². The van der Waals surface area contributed by atoms with Crippen LogP contribution in [0.3, 0.4) is 0 Å². The number of hydrogen-bond donors (Lipinski definition) is 1. The zero-order valence-corrected chi connectivity index (χ0v) is 11.8. The number of hydrogen-bond acceptors (Lipinski definition) is 5. The highest BCUT2D eigenvalue weighted by Crippen LogP contribution is 2.29. The molecule has 6 nitrogen and oxygen atoms in total. The molecule has 0 amide bonds. The van der Waals surface area contributed by atoms with E-state index < -0.39 is 4.92 Å². The summed E-state index contributed by atoms with van der Waals surface area (Å²) in [5.41, 5.74) is 2.38. The van der Waals surface area contributed by atoms with Crippen molar-refractivity contribution in [2.45, 2.75) is 6.92 Å². The molecule has 2 aromatic rings. The number of anilines is 1. The number of nitro benzene ring substituents is 1. The van der Waals surface area contributed by atoms with E-state index in [4.69, 9.17) is 4.74 Å². The molecule has 0 radical (unpaired) electrons. The van der Waals surface area contributed by atoms with E-state index in [0.717, 1.165) is 11.3 Å². The third kappa shape index (κ3) is 3.76. The predicted molar refractivity (Wildman–Crippen MR) is 82.5 cm³/mol. The number of pyridine rings is 1. The summed E-state index contributed by atoms with van der Waals surface area (Å²) in [6, 6.07) is 6.55. The summed E-state index contributed by atoms with van der Waals surface area (Å²) in [4.78, 5) is 14.8. The van der Waals surface area contributed by atoms with E-state index in [0.29, 0.717) is 30.7 Å². The van der Waals surface area contributed by atoms with Crippen molar-refractivity contribution in [3.05, 3.63) is 52.7 Å². The number of benzene rings is 1. The third-order valence-electron chi connectivity index (χ3n) is 2.85. The summed E-state index contributed by atoms with van der Waals surface area (Å²) >= 11 is 0. The van der Waals surface area contributed by atoms with E-state index in [2.05, 4.69) is 16.9 Å². The standard InChI is InChI=1S/C15H17N3O3/c1-11(2)10-21-9-8-16-13-5-6-14(18(19)20)12-4-3-7-17-15(12)13/h3-7,16H,1,8-10H2,2H3. The average molecular weight is 287 g/mol. The van der Waals surface area contributed by atoms with Gasteiger partial charge in [-0.2, -0.15) is 0 Å². The van der Waals surface area contributed by atoms with Crippen molar-refractivity contribution in [3.8, 4) is 0 Å². The van der Waals surface area contributed by atoms with Crippen molar-refractivity contribution in [2.24, 2.45) is 0 Å². The van der Waals surface area contributed by atoms with Gasteiger partial charge in [0.2, 0.25) is 0 Å². The molecule has 110 valence electrons. The Morgan fingerprint density at radius 2 is 2.29 bits per heavy atom. The molecule has 0 bridgehead atoms.